The SMILES string of the molecule is Nc1sc(C2CCCCC2)nc1-c1ccc(Br)c(Cl)c1. The largest absolute Gasteiger partial charge is 0.389 e. The van der Waals surface area contributed by atoms with E-state index in [4.69, 9.17) is 22.3 Å². The fraction of sp³-hybridized carbons (Fsp3) is 0.400. The van der Waals surface area contributed by atoms with Crippen molar-refractivity contribution in [1.82, 2.24) is 4.98 Å². The lowest BCUT2D eigenvalue weighted by Crippen LogP contribution is -2.03. The number of nitrogens with zero attached hydrogens (tertiary/aromatic N) is 1. The summed E-state index contributed by atoms with van der Waals surface area (Å²) in [6, 6.07) is 5.87. The summed E-state index contributed by atoms with van der Waals surface area (Å²) in [6.45, 7) is 0. The summed E-state index contributed by atoms with van der Waals surface area (Å²) in [5.74, 6) is 0.593. The molecule has 106 valence electrons. The minimum atomic E-state index is 0.593. The van der Waals surface area contributed by atoms with E-state index in [-0.39, 0.29) is 0 Å². The second-order valence-corrected chi connectivity index (χ2v) is 7.55. The molecule has 2 nitrogen and oxygen atoms in total. The molecule has 1 heterocycles. The van der Waals surface area contributed by atoms with Crippen LogP contribution in [0, 0.1) is 0 Å². The Morgan fingerprint density at radius 1 is 1.25 bits per heavy atom. The number of aromatic nitrogens is 1. The van der Waals surface area contributed by atoms with E-state index >= 15 is 0 Å². The Hall–Kier alpha value is -0.580. The normalized spacial score (nSPS) is 16.5. The average Bonchev–Trinajstić information content (AvgIpc) is 2.85. The Morgan fingerprint density at radius 2 is 2.00 bits per heavy atom. The van der Waals surface area contributed by atoms with Gasteiger partial charge in [0.25, 0.3) is 0 Å². The van der Waals surface area contributed by atoms with Gasteiger partial charge in [0.1, 0.15) is 10.7 Å². The molecule has 1 fully saturated rings. The number of benzene rings is 1. The van der Waals surface area contributed by atoms with Gasteiger partial charge in [0.05, 0.1) is 10.0 Å². The summed E-state index contributed by atoms with van der Waals surface area (Å²) in [5.41, 5.74) is 8.04. The molecule has 0 radical (unpaired) electrons. The molecule has 0 bridgehead atoms. The lowest BCUT2D eigenvalue weighted by molar-refractivity contribution is 0.442. The van der Waals surface area contributed by atoms with Gasteiger partial charge in [0.15, 0.2) is 0 Å². The number of nitrogen functional groups attached to an aromatic ring is 1. The maximum absolute atomic E-state index is 6.17. The standard InChI is InChI=1S/C15H16BrClN2S/c16-11-7-6-10(8-12(11)17)13-14(18)20-15(19-13)9-4-2-1-3-5-9/h6-9H,1-5,18H2. The van der Waals surface area contributed by atoms with Crippen LogP contribution in [0.25, 0.3) is 11.3 Å². The fourth-order valence-corrected chi connectivity index (χ4v) is 4.18. The van der Waals surface area contributed by atoms with Gasteiger partial charge in [-0.15, -0.1) is 11.3 Å². The van der Waals surface area contributed by atoms with Crippen molar-refractivity contribution >= 4 is 43.9 Å². The van der Waals surface area contributed by atoms with Crippen LogP contribution in [0.2, 0.25) is 5.02 Å². The molecule has 1 saturated carbocycles. The Balaban J connectivity index is 1.93. The van der Waals surface area contributed by atoms with Gasteiger partial charge >= 0.3 is 0 Å². The third-order valence-corrected chi connectivity index (χ3v) is 6.10. The number of hydrogen-bond acceptors (Lipinski definition) is 3. The van der Waals surface area contributed by atoms with Crippen LogP contribution in [0.3, 0.4) is 0 Å². The molecule has 0 aliphatic heterocycles. The summed E-state index contributed by atoms with van der Waals surface area (Å²) >= 11 is 11.2. The highest BCUT2D eigenvalue weighted by atomic mass is 79.9. The summed E-state index contributed by atoms with van der Waals surface area (Å²) in [4.78, 5) is 4.79. The van der Waals surface area contributed by atoms with Gasteiger partial charge < -0.3 is 5.73 Å². The molecule has 1 aliphatic rings. The molecule has 1 aromatic carbocycles. The molecule has 20 heavy (non-hydrogen) atoms. The van der Waals surface area contributed by atoms with Gasteiger partial charge in [-0.2, -0.15) is 0 Å². The third kappa shape index (κ3) is 2.87. The molecule has 0 spiro atoms. The summed E-state index contributed by atoms with van der Waals surface area (Å²) in [5, 5.41) is 2.68. The monoisotopic (exact) mass is 370 g/mol. The number of halogens is 2. The minimum absolute atomic E-state index is 0.593. The van der Waals surface area contributed by atoms with E-state index in [1.54, 1.807) is 11.3 Å². The Labute approximate surface area is 136 Å². The van der Waals surface area contributed by atoms with Crippen molar-refractivity contribution in [2.24, 2.45) is 0 Å². The van der Waals surface area contributed by atoms with Gasteiger partial charge in [-0.05, 0) is 40.9 Å². The Bertz CT molecular complexity index is 620. The van der Waals surface area contributed by atoms with Crippen molar-refractivity contribution in [3.63, 3.8) is 0 Å². The van der Waals surface area contributed by atoms with Crippen LogP contribution in [0.4, 0.5) is 5.00 Å². The molecule has 0 saturated heterocycles. The number of rotatable bonds is 2. The summed E-state index contributed by atoms with van der Waals surface area (Å²) in [7, 11) is 0. The number of thiazole rings is 1. The number of hydrogen-bond donors (Lipinski definition) is 1. The summed E-state index contributed by atoms with van der Waals surface area (Å²) in [6.07, 6.45) is 6.46. The van der Waals surface area contributed by atoms with Gasteiger partial charge in [-0.1, -0.05) is 36.9 Å². The molecule has 1 aromatic heterocycles. The van der Waals surface area contributed by atoms with Gasteiger partial charge in [-0.25, -0.2) is 4.98 Å². The Morgan fingerprint density at radius 3 is 2.70 bits per heavy atom. The van der Waals surface area contributed by atoms with Gasteiger partial charge in [-0.3, -0.25) is 0 Å². The molecule has 2 N–H and O–H groups in total. The van der Waals surface area contributed by atoms with E-state index in [0.717, 1.165) is 20.7 Å². The van der Waals surface area contributed by atoms with E-state index in [1.165, 1.54) is 37.1 Å². The zero-order chi connectivity index (χ0) is 14.1. The minimum Gasteiger partial charge on any atom is -0.389 e. The smallest absolute Gasteiger partial charge is 0.114 e. The van der Waals surface area contributed by atoms with Crippen molar-refractivity contribution in [3.8, 4) is 11.3 Å². The zero-order valence-electron chi connectivity index (χ0n) is 11.0. The molecule has 3 rings (SSSR count). The number of anilines is 1. The molecule has 0 unspecified atom stereocenters. The van der Waals surface area contributed by atoms with Gasteiger partial charge in [0.2, 0.25) is 0 Å². The van der Waals surface area contributed by atoms with Crippen LogP contribution in [0.15, 0.2) is 22.7 Å². The van der Waals surface area contributed by atoms with Crippen LogP contribution in [-0.2, 0) is 0 Å². The van der Waals surface area contributed by atoms with E-state index in [2.05, 4.69) is 15.9 Å². The van der Waals surface area contributed by atoms with Crippen molar-refractivity contribution in [3.05, 3.63) is 32.7 Å². The first-order chi connectivity index (χ1) is 9.65. The van der Waals surface area contributed by atoms with Crippen molar-refractivity contribution in [2.75, 3.05) is 5.73 Å². The first-order valence-corrected chi connectivity index (χ1v) is 8.85. The maximum atomic E-state index is 6.17. The van der Waals surface area contributed by atoms with Crippen molar-refractivity contribution in [1.29, 1.82) is 0 Å². The van der Waals surface area contributed by atoms with Crippen LogP contribution in [-0.4, -0.2) is 4.98 Å². The highest BCUT2D eigenvalue weighted by Gasteiger charge is 2.21. The molecule has 1 aliphatic carbocycles. The van der Waals surface area contributed by atoms with Gasteiger partial charge in [0, 0.05) is 16.0 Å². The predicted molar refractivity (Wildman–Crippen MR) is 90.5 cm³/mol. The topological polar surface area (TPSA) is 38.9 Å². The van der Waals surface area contributed by atoms with E-state index in [1.807, 2.05) is 18.2 Å². The lowest BCUT2D eigenvalue weighted by Gasteiger charge is -2.18. The highest BCUT2D eigenvalue weighted by Crippen LogP contribution is 2.40. The number of nitrogens with two attached hydrogens (primary N) is 1. The zero-order valence-corrected chi connectivity index (χ0v) is 14.2. The van der Waals surface area contributed by atoms with Crippen LogP contribution in [0.1, 0.15) is 43.0 Å². The molecule has 0 atom stereocenters. The van der Waals surface area contributed by atoms with Crippen LogP contribution < -0.4 is 5.73 Å². The van der Waals surface area contributed by atoms with Crippen molar-refractivity contribution in [2.45, 2.75) is 38.0 Å². The fourth-order valence-electron chi connectivity index (χ4n) is 2.72. The lowest BCUT2D eigenvalue weighted by atomic mass is 9.90. The second-order valence-electron chi connectivity index (χ2n) is 5.23. The van der Waals surface area contributed by atoms with Crippen molar-refractivity contribution < 1.29 is 0 Å². The van der Waals surface area contributed by atoms with Crippen LogP contribution in [0.5, 0.6) is 0 Å². The third-order valence-electron chi connectivity index (χ3n) is 3.82. The van der Waals surface area contributed by atoms with E-state index in [9.17, 15) is 0 Å². The molecule has 2 aromatic rings. The Kier molecular flexibility index (Phi) is 4.34. The molecular formula is C15H16BrClN2S. The molecule has 5 heteroatoms. The maximum Gasteiger partial charge on any atom is 0.114 e. The summed E-state index contributed by atoms with van der Waals surface area (Å²) < 4.78 is 0.893. The van der Waals surface area contributed by atoms with Crippen LogP contribution >= 0.6 is 38.9 Å². The highest BCUT2D eigenvalue weighted by molar-refractivity contribution is 9.10. The second kappa shape index (κ2) is 6.04. The first-order valence-electron chi connectivity index (χ1n) is 6.87. The average molecular weight is 372 g/mol. The molecule has 0 amide bonds. The quantitative estimate of drug-likeness (QED) is 0.718. The predicted octanol–water partition coefficient (Wildman–Crippen LogP) is 5.86. The van der Waals surface area contributed by atoms with E-state index in [0.29, 0.717) is 10.9 Å². The first kappa shape index (κ1) is 14.4. The molecular weight excluding hydrogens is 356 g/mol. The van der Waals surface area contributed by atoms with E-state index < -0.39 is 0 Å².